The van der Waals surface area contributed by atoms with Gasteiger partial charge in [0.1, 0.15) is 28.6 Å². The molecule has 0 bridgehead atoms. The highest BCUT2D eigenvalue weighted by Crippen LogP contribution is 2.28. The van der Waals surface area contributed by atoms with E-state index in [1.807, 2.05) is 9.80 Å². The lowest BCUT2D eigenvalue weighted by Crippen LogP contribution is -2.51. The Balaban J connectivity index is 0.00000361. The number of nitrogens with one attached hydrogen (secondary N) is 1. The number of piperidine rings is 1. The second kappa shape index (κ2) is 11.3. The number of aromatic nitrogens is 2. The summed E-state index contributed by atoms with van der Waals surface area (Å²) in [4.78, 5) is 24.8. The van der Waals surface area contributed by atoms with Crippen LogP contribution >= 0.6 is 12.4 Å². The highest BCUT2D eigenvalue weighted by atomic mass is 35.5. The van der Waals surface area contributed by atoms with E-state index >= 15 is 0 Å². The van der Waals surface area contributed by atoms with Crippen molar-refractivity contribution in [1.82, 2.24) is 14.9 Å². The summed E-state index contributed by atoms with van der Waals surface area (Å²) in [5, 5.41) is 12.1. The van der Waals surface area contributed by atoms with Crippen LogP contribution in [0.5, 0.6) is 0 Å². The molecule has 9 nitrogen and oxygen atoms in total. The normalized spacial score (nSPS) is 19.3. The van der Waals surface area contributed by atoms with Crippen LogP contribution in [-0.2, 0) is 14.6 Å². The molecule has 0 unspecified atom stereocenters. The highest BCUT2D eigenvalue weighted by Gasteiger charge is 2.34. The zero-order valence-corrected chi connectivity index (χ0v) is 21.3. The van der Waals surface area contributed by atoms with Crippen LogP contribution in [0.4, 0.5) is 20.3 Å². The number of nitriles is 1. The van der Waals surface area contributed by atoms with Crippen molar-refractivity contribution in [3.05, 3.63) is 41.9 Å². The van der Waals surface area contributed by atoms with E-state index in [4.69, 9.17) is 0 Å². The first-order valence-corrected chi connectivity index (χ1v) is 13.3. The molecule has 0 radical (unpaired) electrons. The maximum Gasteiger partial charge on any atom is 0.245 e. The van der Waals surface area contributed by atoms with Crippen LogP contribution in [0.2, 0.25) is 0 Å². The highest BCUT2D eigenvalue weighted by molar-refractivity contribution is 7.90. The largest absolute Gasteiger partial charge is 0.371 e. The first kappa shape index (κ1) is 27.5. The van der Waals surface area contributed by atoms with E-state index in [9.17, 15) is 27.3 Å². The number of sulfone groups is 1. The molecule has 2 aliphatic heterocycles. The van der Waals surface area contributed by atoms with Crippen LogP contribution in [0.1, 0.15) is 37.8 Å². The van der Waals surface area contributed by atoms with E-state index in [1.165, 1.54) is 6.20 Å². The molecule has 4 rings (SSSR count). The third kappa shape index (κ3) is 5.84. The lowest BCUT2D eigenvalue weighted by molar-refractivity contribution is -0.134. The van der Waals surface area contributed by atoms with Gasteiger partial charge in [-0.2, -0.15) is 5.26 Å². The monoisotopic (exact) mass is 540 g/mol. The van der Waals surface area contributed by atoms with Gasteiger partial charge in [0.05, 0.1) is 5.69 Å². The number of halogens is 3. The molecule has 0 spiro atoms. The minimum absolute atomic E-state index is 0. The van der Waals surface area contributed by atoms with Gasteiger partial charge in [-0.25, -0.2) is 27.2 Å². The summed E-state index contributed by atoms with van der Waals surface area (Å²) in [7, 11) is -3.92. The number of carbonyl (C=O) groups excluding carboxylic acids is 1. The van der Waals surface area contributed by atoms with Crippen LogP contribution in [0.25, 0.3) is 0 Å². The third-order valence-electron chi connectivity index (χ3n) is 6.46. The topological polar surface area (TPSA) is 119 Å². The number of carbonyl (C=O) groups is 1. The van der Waals surface area contributed by atoms with E-state index < -0.39 is 32.4 Å². The molecule has 0 saturated carbocycles. The predicted octanol–water partition coefficient (Wildman–Crippen LogP) is 2.91. The van der Waals surface area contributed by atoms with E-state index in [-0.39, 0.29) is 35.7 Å². The van der Waals surface area contributed by atoms with Crippen molar-refractivity contribution in [1.29, 1.82) is 5.26 Å². The molecule has 3 heterocycles. The molecule has 1 aromatic carbocycles. The Hall–Kier alpha value is -3.04. The molecular weight excluding hydrogens is 514 g/mol. The molecule has 2 aliphatic rings. The summed E-state index contributed by atoms with van der Waals surface area (Å²) in [6, 6.07) is 2.71. The van der Waals surface area contributed by atoms with E-state index in [1.54, 1.807) is 6.20 Å². The lowest BCUT2D eigenvalue weighted by atomic mass is 10.0. The average molecular weight is 541 g/mol. The molecule has 1 atom stereocenters. The number of rotatable bonds is 5. The van der Waals surface area contributed by atoms with Gasteiger partial charge in [0.25, 0.3) is 0 Å². The minimum Gasteiger partial charge on any atom is -0.371 e. The van der Waals surface area contributed by atoms with Gasteiger partial charge in [0, 0.05) is 50.4 Å². The van der Waals surface area contributed by atoms with Crippen LogP contribution < -0.4 is 10.2 Å². The predicted molar refractivity (Wildman–Crippen MR) is 132 cm³/mol. The quantitative estimate of drug-likeness (QED) is 0.615. The Morgan fingerprint density at radius 2 is 1.75 bits per heavy atom. The molecule has 2 aromatic rings. The maximum absolute atomic E-state index is 14.6. The second-order valence-electron chi connectivity index (χ2n) is 8.82. The van der Waals surface area contributed by atoms with Crippen molar-refractivity contribution >= 4 is 39.7 Å². The molecule has 2 fully saturated rings. The van der Waals surface area contributed by atoms with Gasteiger partial charge in [0.15, 0.2) is 21.3 Å². The fourth-order valence-corrected chi connectivity index (χ4v) is 5.43. The summed E-state index contributed by atoms with van der Waals surface area (Å²) < 4.78 is 52.3. The summed E-state index contributed by atoms with van der Waals surface area (Å²) in [5.41, 5.74) is 0.0221. The smallest absolute Gasteiger partial charge is 0.245 e. The second-order valence-corrected chi connectivity index (χ2v) is 10.8. The maximum atomic E-state index is 14.6. The van der Waals surface area contributed by atoms with Crippen LogP contribution in [-0.4, -0.2) is 67.2 Å². The van der Waals surface area contributed by atoms with Crippen molar-refractivity contribution in [3.8, 4) is 6.07 Å². The number of amides is 1. The number of hydrogen-bond donors (Lipinski definition) is 1. The number of benzene rings is 1. The molecule has 1 N–H and O–H groups in total. The van der Waals surface area contributed by atoms with Gasteiger partial charge < -0.3 is 15.1 Å². The van der Waals surface area contributed by atoms with Crippen LogP contribution in [0.15, 0.2) is 29.4 Å². The van der Waals surface area contributed by atoms with Crippen molar-refractivity contribution < 1.29 is 22.0 Å². The Morgan fingerprint density at radius 1 is 1.06 bits per heavy atom. The minimum atomic E-state index is -3.92. The molecule has 1 aromatic heterocycles. The summed E-state index contributed by atoms with van der Waals surface area (Å²) in [5.74, 6) is -1.65. The molecule has 1 amide bonds. The van der Waals surface area contributed by atoms with Crippen molar-refractivity contribution in [3.63, 3.8) is 0 Å². The molecule has 2 saturated heterocycles. The number of anilines is 2. The zero-order valence-electron chi connectivity index (χ0n) is 19.7. The van der Waals surface area contributed by atoms with Gasteiger partial charge in [-0.1, -0.05) is 0 Å². The number of nitrogens with zero attached hydrogens (tertiary/aromatic N) is 5. The fraction of sp³-hybridized carbons (Fsp3) is 0.478. The van der Waals surface area contributed by atoms with Gasteiger partial charge in [0.2, 0.25) is 5.91 Å². The number of hydrogen-bond acceptors (Lipinski definition) is 8. The fourth-order valence-electron chi connectivity index (χ4n) is 4.70. The first-order valence-electron chi connectivity index (χ1n) is 11.4. The summed E-state index contributed by atoms with van der Waals surface area (Å²) in [6.07, 6.45) is 7.14. The van der Waals surface area contributed by atoms with Crippen LogP contribution in [0, 0.1) is 23.0 Å². The number of likely N-dealkylation sites (tertiary alicyclic amines) is 1. The Kier molecular flexibility index (Phi) is 8.68. The summed E-state index contributed by atoms with van der Waals surface area (Å²) in [6.45, 7) is 1.78. The van der Waals surface area contributed by atoms with E-state index in [2.05, 4.69) is 21.4 Å². The molecule has 194 valence electrons. The van der Waals surface area contributed by atoms with Crippen molar-refractivity contribution in [2.45, 2.75) is 49.1 Å². The van der Waals surface area contributed by atoms with Gasteiger partial charge in [-0.05, 0) is 38.2 Å². The Bertz CT molecular complexity index is 1260. The Labute approximate surface area is 214 Å². The van der Waals surface area contributed by atoms with Gasteiger partial charge in [-0.15, -0.1) is 12.4 Å². The average Bonchev–Trinajstić information content (AvgIpc) is 3.02. The lowest BCUT2D eigenvalue weighted by Gasteiger charge is -2.39. The van der Waals surface area contributed by atoms with E-state index in [0.29, 0.717) is 50.8 Å². The molecule has 13 heteroatoms. The van der Waals surface area contributed by atoms with E-state index in [0.717, 1.165) is 25.2 Å². The SMILES string of the molecule is CS(=O)(=O)c1cc(F)c(N[C@H]2CCCCN(C3CCN(c4nccnc4C#N)CC3)C2=O)cc1F.Cl. The molecule has 0 aliphatic carbocycles. The first-order chi connectivity index (χ1) is 16.7. The summed E-state index contributed by atoms with van der Waals surface area (Å²) >= 11 is 0. The van der Waals surface area contributed by atoms with Gasteiger partial charge in [-0.3, -0.25) is 4.79 Å². The van der Waals surface area contributed by atoms with Gasteiger partial charge >= 0.3 is 0 Å². The van der Waals surface area contributed by atoms with Crippen molar-refractivity contribution in [2.75, 3.05) is 36.1 Å². The van der Waals surface area contributed by atoms with Crippen LogP contribution in [0.3, 0.4) is 0 Å². The zero-order chi connectivity index (χ0) is 25.2. The molecular formula is C23H27ClF2N6O3S. The van der Waals surface area contributed by atoms with Crippen molar-refractivity contribution in [2.24, 2.45) is 0 Å². The standard InChI is InChI=1S/C23H26F2N6O3S.ClH/c1-35(33,34)21-13-16(24)19(12-17(21)25)29-18-4-2-3-9-31(23(18)32)15-5-10-30(11-6-15)22-20(14-26)27-7-8-28-22;/h7-8,12-13,15,18,29H,2-6,9-11H2,1H3;1H/t18-;/m0./s1. The molecule has 36 heavy (non-hydrogen) atoms. The third-order valence-corrected chi connectivity index (χ3v) is 7.58. The Morgan fingerprint density at radius 3 is 2.42 bits per heavy atom.